The lowest BCUT2D eigenvalue weighted by molar-refractivity contribution is -0.149. The second-order valence-corrected chi connectivity index (χ2v) is 6.13. The highest BCUT2D eigenvalue weighted by Crippen LogP contribution is 2.34. The van der Waals surface area contributed by atoms with Gasteiger partial charge in [0.1, 0.15) is 0 Å². The maximum absolute atomic E-state index is 12.0. The molecule has 1 amide bonds. The molecule has 1 fully saturated rings. The molecule has 0 aromatic carbocycles. The second kappa shape index (κ2) is 7.62. The summed E-state index contributed by atoms with van der Waals surface area (Å²) >= 11 is 0. The highest BCUT2D eigenvalue weighted by molar-refractivity contribution is 5.83. The van der Waals surface area contributed by atoms with Crippen molar-refractivity contribution in [3.8, 4) is 0 Å². The van der Waals surface area contributed by atoms with Crippen LogP contribution in [0.15, 0.2) is 0 Å². The van der Waals surface area contributed by atoms with Crippen LogP contribution in [0.3, 0.4) is 0 Å². The number of rotatable bonds is 6. The lowest BCUT2D eigenvalue weighted by atomic mass is 9.80. The molecule has 20 heavy (non-hydrogen) atoms. The first kappa shape index (κ1) is 17.0. The molecule has 5 heteroatoms. The van der Waals surface area contributed by atoms with Crippen molar-refractivity contribution < 1.29 is 14.7 Å². The summed E-state index contributed by atoms with van der Waals surface area (Å²) < 4.78 is 0. The fraction of sp³-hybridized carbons (Fsp3) is 0.867. The lowest BCUT2D eigenvalue weighted by Crippen LogP contribution is -2.49. The molecule has 1 unspecified atom stereocenters. The van der Waals surface area contributed by atoms with Crippen molar-refractivity contribution in [2.24, 2.45) is 17.1 Å². The molecule has 0 radical (unpaired) electrons. The normalized spacial score (nSPS) is 21.6. The lowest BCUT2D eigenvalue weighted by Gasteiger charge is -2.29. The molecule has 0 saturated heterocycles. The summed E-state index contributed by atoms with van der Waals surface area (Å²) in [6.07, 6.45) is 6.10. The third kappa shape index (κ3) is 4.20. The molecule has 2 atom stereocenters. The molecule has 1 aliphatic carbocycles. The molecule has 116 valence electrons. The SMILES string of the molecule is CCC(C)[C@H](N)C(=O)NCC1(C(=O)O)CCCCCC1. The van der Waals surface area contributed by atoms with Crippen molar-refractivity contribution in [2.45, 2.75) is 64.8 Å². The Labute approximate surface area is 121 Å². The number of carbonyl (C=O) groups is 2. The van der Waals surface area contributed by atoms with E-state index in [1.165, 1.54) is 0 Å². The summed E-state index contributed by atoms with van der Waals surface area (Å²) in [5.41, 5.74) is 5.07. The maximum atomic E-state index is 12.0. The van der Waals surface area contributed by atoms with Crippen LogP contribution in [0, 0.1) is 11.3 Å². The quantitative estimate of drug-likeness (QED) is 0.649. The van der Waals surface area contributed by atoms with E-state index in [9.17, 15) is 14.7 Å². The van der Waals surface area contributed by atoms with Gasteiger partial charge in [-0.3, -0.25) is 9.59 Å². The van der Waals surface area contributed by atoms with Gasteiger partial charge in [-0.15, -0.1) is 0 Å². The Hall–Kier alpha value is -1.10. The van der Waals surface area contributed by atoms with Crippen molar-refractivity contribution in [2.75, 3.05) is 6.54 Å². The van der Waals surface area contributed by atoms with Gasteiger partial charge in [-0.1, -0.05) is 46.0 Å². The number of aliphatic carboxylic acids is 1. The fourth-order valence-corrected chi connectivity index (χ4v) is 2.76. The molecule has 1 saturated carbocycles. The van der Waals surface area contributed by atoms with E-state index < -0.39 is 17.4 Å². The standard InChI is InChI=1S/C15H28N2O3/c1-3-11(2)12(16)13(18)17-10-15(14(19)20)8-6-4-5-7-9-15/h11-12H,3-10,16H2,1-2H3,(H,17,18)(H,19,20)/t11?,12-/m0/s1. The van der Waals surface area contributed by atoms with Gasteiger partial charge >= 0.3 is 5.97 Å². The average Bonchev–Trinajstić information content (AvgIpc) is 2.69. The van der Waals surface area contributed by atoms with E-state index in [0.717, 1.165) is 32.1 Å². The van der Waals surface area contributed by atoms with Crippen molar-refractivity contribution in [3.63, 3.8) is 0 Å². The van der Waals surface area contributed by atoms with Crippen LogP contribution in [0.25, 0.3) is 0 Å². The molecule has 0 aromatic heterocycles. The number of nitrogens with two attached hydrogens (primary N) is 1. The first-order chi connectivity index (χ1) is 9.43. The van der Waals surface area contributed by atoms with Crippen LogP contribution in [-0.4, -0.2) is 29.6 Å². The van der Waals surface area contributed by atoms with Crippen molar-refractivity contribution in [1.29, 1.82) is 0 Å². The highest BCUT2D eigenvalue weighted by atomic mass is 16.4. The third-order valence-corrected chi connectivity index (χ3v) is 4.68. The number of hydrogen-bond acceptors (Lipinski definition) is 3. The smallest absolute Gasteiger partial charge is 0.311 e. The van der Waals surface area contributed by atoms with Gasteiger partial charge in [0.15, 0.2) is 0 Å². The summed E-state index contributed by atoms with van der Waals surface area (Å²) in [6.45, 7) is 4.12. The molecule has 1 aliphatic rings. The summed E-state index contributed by atoms with van der Waals surface area (Å²) in [7, 11) is 0. The third-order valence-electron chi connectivity index (χ3n) is 4.68. The summed E-state index contributed by atoms with van der Waals surface area (Å²) in [4.78, 5) is 23.6. The largest absolute Gasteiger partial charge is 0.481 e. The van der Waals surface area contributed by atoms with Crippen LogP contribution in [-0.2, 0) is 9.59 Å². The van der Waals surface area contributed by atoms with E-state index in [1.807, 2.05) is 13.8 Å². The number of carboxylic acids is 1. The van der Waals surface area contributed by atoms with Crippen LogP contribution >= 0.6 is 0 Å². The predicted octanol–water partition coefficient (Wildman–Crippen LogP) is 1.90. The first-order valence-electron chi connectivity index (χ1n) is 7.69. The Bertz CT molecular complexity index is 336. The minimum absolute atomic E-state index is 0.102. The zero-order chi connectivity index (χ0) is 15.2. The summed E-state index contributed by atoms with van der Waals surface area (Å²) in [5, 5.41) is 12.3. The van der Waals surface area contributed by atoms with Gasteiger partial charge < -0.3 is 16.2 Å². The van der Waals surface area contributed by atoms with Crippen LogP contribution in [0.4, 0.5) is 0 Å². The number of carbonyl (C=O) groups excluding carboxylic acids is 1. The minimum Gasteiger partial charge on any atom is -0.481 e. The van der Waals surface area contributed by atoms with E-state index in [2.05, 4.69) is 5.32 Å². The van der Waals surface area contributed by atoms with Crippen molar-refractivity contribution in [1.82, 2.24) is 5.32 Å². The van der Waals surface area contributed by atoms with Gasteiger partial charge in [-0.05, 0) is 18.8 Å². The van der Waals surface area contributed by atoms with Gasteiger partial charge in [0.25, 0.3) is 0 Å². The van der Waals surface area contributed by atoms with Crippen LogP contribution in [0.5, 0.6) is 0 Å². The Morgan fingerprint density at radius 3 is 2.25 bits per heavy atom. The molecule has 0 aliphatic heterocycles. The molecule has 0 aromatic rings. The Kier molecular flexibility index (Phi) is 6.46. The molecule has 4 N–H and O–H groups in total. The van der Waals surface area contributed by atoms with E-state index in [1.54, 1.807) is 0 Å². The number of carboxylic acid groups (broad SMARTS) is 1. The van der Waals surface area contributed by atoms with E-state index >= 15 is 0 Å². The van der Waals surface area contributed by atoms with Gasteiger partial charge in [0.2, 0.25) is 5.91 Å². The molecule has 0 spiro atoms. The Morgan fingerprint density at radius 2 is 1.80 bits per heavy atom. The number of amides is 1. The van der Waals surface area contributed by atoms with Gasteiger partial charge in [0, 0.05) is 6.54 Å². The van der Waals surface area contributed by atoms with Crippen LogP contribution in [0.2, 0.25) is 0 Å². The van der Waals surface area contributed by atoms with Gasteiger partial charge in [0.05, 0.1) is 11.5 Å². The first-order valence-corrected chi connectivity index (χ1v) is 7.69. The second-order valence-electron chi connectivity index (χ2n) is 6.13. The maximum Gasteiger partial charge on any atom is 0.311 e. The average molecular weight is 284 g/mol. The zero-order valence-corrected chi connectivity index (χ0v) is 12.7. The van der Waals surface area contributed by atoms with E-state index in [0.29, 0.717) is 12.8 Å². The van der Waals surface area contributed by atoms with Gasteiger partial charge in [-0.25, -0.2) is 0 Å². The van der Waals surface area contributed by atoms with E-state index in [-0.39, 0.29) is 18.4 Å². The topological polar surface area (TPSA) is 92.4 Å². The Balaban J connectivity index is 2.63. The molecule has 1 rings (SSSR count). The van der Waals surface area contributed by atoms with Gasteiger partial charge in [-0.2, -0.15) is 0 Å². The highest BCUT2D eigenvalue weighted by Gasteiger charge is 2.39. The number of hydrogen-bond donors (Lipinski definition) is 3. The van der Waals surface area contributed by atoms with Crippen LogP contribution < -0.4 is 11.1 Å². The zero-order valence-electron chi connectivity index (χ0n) is 12.7. The molecule has 0 bridgehead atoms. The molecule has 5 nitrogen and oxygen atoms in total. The fourth-order valence-electron chi connectivity index (χ4n) is 2.76. The molecular formula is C15H28N2O3. The predicted molar refractivity (Wildman–Crippen MR) is 78.2 cm³/mol. The monoisotopic (exact) mass is 284 g/mol. The van der Waals surface area contributed by atoms with Crippen LogP contribution in [0.1, 0.15) is 58.8 Å². The molecule has 0 heterocycles. The Morgan fingerprint density at radius 1 is 1.25 bits per heavy atom. The minimum atomic E-state index is -0.804. The van der Waals surface area contributed by atoms with Crippen molar-refractivity contribution >= 4 is 11.9 Å². The summed E-state index contributed by atoms with van der Waals surface area (Å²) in [5.74, 6) is -0.925. The van der Waals surface area contributed by atoms with Crippen molar-refractivity contribution in [3.05, 3.63) is 0 Å². The summed E-state index contributed by atoms with van der Waals surface area (Å²) in [6, 6.07) is -0.559. The van der Waals surface area contributed by atoms with E-state index in [4.69, 9.17) is 5.73 Å². The molecular weight excluding hydrogens is 256 g/mol. The number of nitrogens with one attached hydrogen (secondary N) is 1.